The summed E-state index contributed by atoms with van der Waals surface area (Å²) in [6, 6.07) is 49.2. The van der Waals surface area contributed by atoms with Crippen molar-refractivity contribution in [2.24, 2.45) is 0 Å². The molecule has 0 radical (unpaired) electrons. The van der Waals surface area contributed by atoms with E-state index < -0.39 is 0 Å². The van der Waals surface area contributed by atoms with Gasteiger partial charge in [-0.15, -0.1) is 0 Å². The third-order valence-corrected chi connectivity index (χ3v) is 11.7. The highest BCUT2D eigenvalue weighted by Gasteiger charge is 2.45. The molecule has 0 unspecified atom stereocenters. The summed E-state index contributed by atoms with van der Waals surface area (Å²) < 4.78 is 6.56. The number of rotatable bonds is 3. The minimum absolute atomic E-state index is 0.0850. The molecule has 1 aliphatic carbocycles. The van der Waals surface area contributed by atoms with Crippen molar-refractivity contribution in [3.8, 4) is 45.3 Å². The van der Waals surface area contributed by atoms with Crippen LogP contribution in [0.25, 0.3) is 88.8 Å². The molecular formula is C47H35N3O. The Balaban J connectivity index is 1.26. The molecule has 0 saturated carbocycles. The van der Waals surface area contributed by atoms with Crippen LogP contribution in [0.4, 0.5) is 0 Å². The lowest BCUT2D eigenvalue weighted by molar-refractivity contribution is 0.299. The predicted octanol–water partition coefficient (Wildman–Crippen LogP) is 12.3. The molecule has 10 rings (SSSR count). The average molecular weight is 658 g/mol. The second kappa shape index (κ2) is 10.7. The van der Waals surface area contributed by atoms with Crippen LogP contribution in [0.2, 0.25) is 0 Å². The summed E-state index contributed by atoms with van der Waals surface area (Å²) in [5.74, 6) is 1.90. The zero-order valence-corrected chi connectivity index (χ0v) is 29.0. The molecule has 0 aliphatic heterocycles. The van der Waals surface area contributed by atoms with Gasteiger partial charge in [0.1, 0.15) is 11.2 Å². The number of benzene rings is 7. The van der Waals surface area contributed by atoms with Gasteiger partial charge in [0.25, 0.3) is 0 Å². The average Bonchev–Trinajstić information content (AvgIpc) is 3.55. The van der Waals surface area contributed by atoms with Crippen molar-refractivity contribution in [2.45, 2.75) is 38.5 Å². The van der Waals surface area contributed by atoms with Gasteiger partial charge < -0.3 is 4.42 Å². The Kier molecular flexibility index (Phi) is 6.23. The summed E-state index contributed by atoms with van der Waals surface area (Å²) in [6.45, 7) is 9.44. The Labute approximate surface area is 296 Å². The lowest BCUT2D eigenvalue weighted by Gasteiger charge is -2.48. The van der Waals surface area contributed by atoms with Crippen LogP contribution in [0.15, 0.2) is 144 Å². The summed E-state index contributed by atoms with van der Waals surface area (Å²) in [5.41, 5.74) is 9.51. The van der Waals surface area contributed by atoms with Crippen molar-refractivity contribution < 1.29 is 4.42 Å². The lowest BCUT2D eigenvalue weighted by Crippen LogP contribution is -2.43. The second-order valence-electron chi connectivity index (χ2n) is 14.8. The summed E-state index contributed by atoms with van der Waals surface area (Å²) in [4.78, 5) is 15.7. The van der Waals surface area contributed by atoms with Crippen LogP contribution in [0.3, 0.4) is 0 Å². The fourth-order valence-electron chi connectivity index (χ4n) is 8.30. The highest BCUT2D eigenvalue weighted by molar-refractivity contribution is 6.29. The van der Waals surface area contributed by atoms with Crippen molar-refractivity contribution in [1.82, 2.24) is 15.0 Å². The van der Waals surface area contributed by atoms with Crippen molar-refractivity contribution in [1.29, 1.82) is 0 Å². The number of nitrogens with zero attached hydrogens (tertiary/aromatic N) is 3. The third kappa shape index (κ3) is 4.29. The molecule has 0 amide bonds. The molecule has 1 aliphatic rings. The monoisotopic (exact) mass is 657 g/mol. The Bertz CT molecular complexity index is 2860. The SMILES string of the molecule is CC1(C)c2ccccc2-c2ccc(-c3nc(-c4ccccc4)nc(-c4cc5oc6ccccc6c5c5c4ccc4ccccc45)n3)cc2C1(C)C. The van der Waals surface area contributed by atoms with Gasteiger partial charge in [0.15, 0.2) is 17.5 Å². The minimum atomic E-state index is -0.144. The predicted molar refractivity (Wildman–Crippen MR) is 210 cm³/mol. The Hall–Kier alpha value is -6.13. The maximum Gasteiger partial charge on any atom is 0.164 e. The van der Waals surface area contributed by atoms with E-state index in [4.69, 9.17) is 19.4 Å². The fourth-order valence-corrected chi connectivity index (χ4v) is 8.30. The van der Waals surface area contributed by atoms with E-state index in [1.54, 1.807) is 0 Å². The number of furan rings is 1. The van der Waals surface area contributed by atoms with Crippen molar-refractivity contribution >= 4 is 43.5 Å². The van der Waals surface area contributed by atoms with E-state index in [9.17, 15) is 0 Å². The standard InChI is InChI=1S/C47H35N3O/c1-46(2)37-20-12-10-18-32(37)33-24-23-30(26-38(33)47(46,3)4)44-48-43(29-15-6-5-7-16-29)49-45(50-44)36-27-40-42(35-19-11-13-21-39(35)51-40)41-31-17-9-8-14-28(31)22-25-34(36)41/h5-27H,1-4H3. The Morgan fingerprint density at radius 3 is 1.90 bits per heavy atom. The Morgan fingerprint density at radius 2 is 1.06 bits per heavy atom. The van der Waals surface area contributed by atoms with Gasteiger partial charge in [-0.05, 0) is 67.4 Å². The van der Waals surface area contributed by atoms with Gasteiger partial charge in [-0.2, -0.15) is 0 Å². The first-order chi connectivity index (χ1) is 24.8. The first-order valence-electron chi connectivity index (χ1n) is 17.6. The van der Waals surface area contributed by atoms with Crippen LogP contribution in [-0.4, -0.2) is 15.0 Å². The number of para-hydroxylation sites is 1. The van der Waals surface area contributed by atoms with Crippen LogP contribution in [0.1, 0.15) is 38.8 Å². The lowest BCUT2D eigenvalue weighted by atomic mass is 9.55. The summed E-state index contributed by atoms with van der Waals surface area (Å²) >= 11 is 0. The maximum absolute atomic E-state index is 6.56. The molecule has 0 saturated heterocycles. The van der Waals surface area contributed by atoms with Gasteiger partial charge in [0, 0.05) is 32.8 Å². The van der Waals surface area contributed by atoms with Crippen LogP contribution in [0.5, 0.6) is 0 Å². The quantitative estimate of drug-likeness (QED) is 0.177. The van der Waals surface area contributed by atoms with Gasteiger partial charge in [-0.25, -0.2) is 15.0 Å². The molecule has 0 atom stereocenters. The molecule has 244 valence electrons. The van der Waals surface area contributed by atoms with Crippen LogP contribution in [0, 0.1) is 0 Å². The first kappa shape index (κ1) is 29.8. The molecule has 9 aromatic rings. The molecule has 2 heterocycles. The van der Waals surface area contributed by atoms with E-state index >= 15 is 0 Å². The third-order valence-electron chi connectivity index (χ3n) is 11.7. The van der Waals surface area contributed by atoms with E-state index in [1.807, 2.05) is 30.3 Å². The molecule has 7 aromatic carbocycles. The maximum atomic E-state index is 6.56. The molecule has 0 N–H and O–H groups in total. The second-order valence-corrected chi connectivity index (χ2v) is 14.8. The summed E-state index contributed by atoms with van der Waals surface area (Å²) in [7, 11) is 0. The van der Waals surface area contributed by atoms with E-state index in [-0.39, 0.29) is 10.8 Å². The highest BCUT2D eigenvalue weighted by Crippen LogP contribution is 2.54. The van der Waals surface area contributed by atoms with Gasteiger partial charge in [-0.3, -0.25) is 0 Å². The van der Waals surface area contributed by atoms with Gasteiger partial charge >= 0.3 is 0 Å². The molecule has 4 nitrogen and oxygen atoms in total. The summed E-state index contributed by atoms with van der Waals surface area (Å²) in [6.07, 6.45) is 0. The zero-order valence-electron chi connectivity index (χ0n) is 29.0. The summed E-state index contributed by atoms with van der Waals surface area (Å²) in [5, 5.41) is 6.78. The smallest absolute Gasteiger partial charge is 0.164 e. The van der Waals surface area contributed by atoms with Crippen molar-refractivity contribution in [2.75, 3.05) is 0 Å². The zero-order chi connectivity index (χ0) is 34.5. The molecule has 0 spiro atoms. The number of hydrogen-bond donors (Lipinski definition) is 0. The molecule has 2 aromatic heterocycles. The van der Waals surface area contributed by atoms with E-state index in [2.05, 4.69) is 137 Å². The molecule has 51 heavy (non-hydrogen) atoms. The molecule has 4 heteroatoms. The van der Waals surface area contributed by atoms with Crippen LogP contribution < -0.4 is 0 Å². The highest BCUT2D eigenvalue weighted by atomic mass is 16.3. The molecular weight excluding hydrogens is 623 g/mol. The van der Waals surface area contributed by atoms with Gasteiger partial charge in [0.05, 0.1) is 0 Å². The van der Waals surface area contributed by atoms with Crippen LogP contribution >= 0.6 is 0 Å². The largest absolute Gasteiger partial charge is 0.456 e. The van der Waals surface area contributed by atoms with Gasteiger partial charge in [0.2, 0.25) is 0 Å². The molecule has 0 bridgehead atoms. The number of aromatic nitrogens is 3. The molecule has 0 fully saturated rings. The van der Waals surface area contributed by atoms with E-state index in [0.717, 1.165) is 49.4 Å². The van der Waals surface area contributed by atoms with E-state index in [0.29, 0.717) is 17.5 Å². The fraction of sp³-hybridized carbons (Fsp3) is 0.128. The first-order valence-corrected chi connectivity index (χ1v) is 17.6. The van der Waals surface area contributed by atoms with Gasteiger partial charge in [-0.1, -0.05) is 149 Å². The van der Waals surface area contributed by atoms with E-state index in [1.165, 1.54) is 33.0 Å². The number of hydrogen-bond acceptors (Lipinski definition) is 4. The van der Waals surface area contributed by atoms with Crippen molar-refractivity contribution in [3.05, 3.63) is 151 Å². The minimum Gasteiger partial charge on any atom is -0.456 e. The normalized spacial score (nSPS) is 14.6. The Morgan fingerprint density at radius 1 is 0.412 bits per heavy atom. The van der Waals surface area contributed by atoms with Crippen LogP contribution in [-0.2, 0) is 10.8 Å². The number of fused-ring (bicyclic) bond motifs is 10. The van der Waals surface area contributed by atoms with Crippen molar-refractivity contribution in [3.63, 3.8) is 0 Å². The topological polar surface area (TPSA) is 51.8 Å².